The fourth-order valence-electron chi connectivity index (χ4n) is 1.36. The highest BCUT2D eigenvalue weighted by atomic mass is 79.9. The average molecular weight is 250 g/mol. The van der Waals surface area contributed by atoms with E-state index in [0.29, 0.717) is 11.5 Å². The summed E-state index contributed by atoms with van der Waals surface area (Å²) in [4.78, 5) is 2.45. The van der Waals surface area contributed by atoms with Crippen LogP contribution in [0.2, 0.25) is 0 Å². The second-order valence-electron chi connectivity index (χ2n) is 5.24. The Morgan fingerprint density at radius 2 is 1.69 bits per heavy atom. The quantitative estimate of drug-likeness (QED) is 0.691. The summed E-state index contributed by atoms with van der Waals surface area (Å²) in [6.45, 7) is 12.7. The molecule has 0 fully saturated rings. The van der Waals surface area contributed by atoms with Gasteiger partial charge in [-0.25, -0.2) is 0 Å². The zero-order valence-electron chi connectivity index (χ0n) is 9.89. The molecule has 0 rings (SSSR count). The van der Waals surface area contributed by atoms with E-state index in [4.69, 9.17) is 0 Å². The summed E-state index contributed by atoms with van der Waals surface area (Å²) in [6.07, 6.45) is 0. The Labute approximate surface area is 92.0 Å². The van der Waals surface area contributed by atoms with Gasteiger partial charge in [0.1, 0.15) is 0 Å². The van der Waals surface area contributed by atoms with Gasteiger partial charge in [-0.3, -0.25) is 0 Å². The third-order valence-corrected chi connectivity index (χ3v) is 3.88. The van der Waals surface area contributed by atoms with Crippen LogP contribution in [-0.2, 0) is 0 Å². The van der Waals surface area contributed by atoms with E-state index >= 15 is 0 Å². The van der Waals surface area contributed by atoms with Crippen molar-refractivity contribution in [3.8, 4) is 0 Å². The fraction of sp³-hybridized carbons (Fsp3) is 1.00. The van der Waals surface area contributed by atoms with Crippen LogP contribution >= 0.6 is 15.9 Å². The van der Waals surface area contributed by atoms with Gasteiger partial charge in [0.15, 0.2) is 0 Å². The van der Waals surface area contributed by atoms with Crippen LogP contribution in [0.3, 0.4) is 0 Å². The number of halogens is 1. The van der Waals surface area contributed by atoms with E-state index in [1.54, 1.807) is 0 Å². The van der Waals surface area contributed by atoms with Crippen LogP contribution in [0, 0.1) is 11.3 Å². The summed E-state index contributed by atoms with van der Waals surface area (Å²) in [5, 5.41) is 1.09. The van der Waals surface area contributed by atoms with Crippen LogP contribution in [0.1, 0.15) is 34.6 Å². The van der Waals surface area contributed by atoms with Gasteiger partial charge in [0.25, 0.3) is 0 Å². The van der Waals surface area contributed by atoms with E-state index in [9.17, 15) is 0 Å². The highest BCUT2D eigenvalue weighted by molar-refractivity contribution is 9.09. The smallest absolute Gasteiger partial charge is 0.0112 e. The summed E-state index contributed by atoms with van der Waals surface area (Å²) in [6, 6.07) is 0.633. The first-order valence-corrected chi connectivity index (χ1v) is 6.17. The molecule has 80 valence electrons. The minimum atomic E-state index is 0.376. The van der Waals surface area contributed by atoms with Crippen molar-refractivity contribution >= 4 is 15.9 Å². The zero-order chi connectivity index (χ0) is 10.6. The number of hydrogen-bond donors (Lipinski definition) is 0. The lowest BCUT2D eigenvalue weighted by Gasteiger charge is -2.36. The van der Waals surface area contributed by atoms with Gasteiger partial charge in [-0.15, -0.1) is 0 Å². The number of alkyl halides is 1. The lowest BCUT2D eigenvalue weighted by molar-refractivity contribution is 0.129. The summed E-state index contributed by atoms with van der Waals surface area (Å²) in [7, 11) is 2.22. The van der Waals surface area contributed by atoms with Crippen LogP contribution in [0.25, 0.3) is 0 Å². The van der Waals surface area contributed by atoms with Crippen LogP contribution in [0.15, 0.2) is 0 Å². The van der Waals surface area contributed by atoms with Crippen LogP contribution in [0.5, 0.6) is 0 Å². The van der Waals surface area contributed by atoms with Crippen molar-refractivity contribution in [1.29, 1.82) is 0 Å². The van der Waals surface area contributed by atoms with Crippen molar-refractivity contribution in [1.82, 2.24) is 4.90 Å². The molecule has 13 heavy (non-hydrogen) atoms. The Bertz CT molecular complexity index is 140. The molecule has 0 spiro atoms. The minimum absolute atomic E-state index is 0.376. The van der Waals surface area contributed by atoms with Gasteiger partial charge in [-0.1, -0.05) is 43.6 Å². The highest BCUT2D eigenvalue weighted by Gasteiger charge is 2.24. The molecule has 0 aliphatic rings. The topological polar surface area (TPSA) is 3.24 Å². The van der Waals surface area contributed by atoms with E-state index in [1.165, 1.54) is 6.54 Å². The molecule has 2 heteroatoms. The Balaban J connectivity index is 4.03. The van der Waals surface area contributed by atoms with Gasteiger partial charge < -0.3 is 4.90 Å². The first kappa shape index (κ1) is 13.4. The van der Waals surface area contributed by atoms with E-state index in [2.05, 4.69) is 62.5 Å². The molecule has 0 saturated carbocycles. The second-order valence-corrected chi connectivity index (χ2v) is 5.89. The van der Waals surface area contributed by atoms with Gasteiger partial charge in [0.05, 0.1) is 0 Å². The normalized spacial score (nSPS) is 17.5. The van der Waals surface area contributed by atoms with E-state index in [0.717, 1.165) is 11.2 Å². The van der Waals surface area contributed by atoms with E-state index < -0.39 is 0 Å². The van der Waals surface area contributed by atoms with Crippen molar-refractivity contribution in [2.75, 3.05) is 18.9 Å². The molecular weight excluding hydrogens is 226 g/mol. The molecule has 0 aromatic heterocycles. The van der Waals surface area contributed by atoms with Gasteiger partial charge in [-0.2, -0.15) is 0 Å². The molecule has 0 bridgehead atoms. The lowest BCUT2D eigenvalue weighted by atomic mass is 9.87. The van der Waals surface area contributed by atoms with E-state index in [1.807, 2.05) is 0 Å². The third-order valence-electron chi connectivity index (χ3n) is 2.78. The van der Waals surface area contributed by atoms with Crippen molar-refractivity contribution in [3.05, 3.63) is 0 Å². The summed E-state index contributed by atoms with van der Waals surface area (Å²) in [5.41, 5.74) is 0.376. The first-order valence-electron chi connectivity index (χ1n) is 5.05. The number of rotatable bonds is 4. The minimum Gasteiger partial charge on any atom is -0.303 e. The third kappa shape index (κ3) is 5.02. The van der Waals surface area contributed by atoms with Crippen molar-refractivity contribution < 1.29 is 0 Å². The lowest BCUT2D eigenvalue weighted by Crippen LogP contribution is -2.41. The predicted octanol–water partition coefficient (Wildman–Crippen LogP) is 3.38. The van der Waals surface area contributed by atoms with Gasteiger partial charge in [0, 0.05) is 17.9 Å². The second kappa shape index (κ2) is 5.35. The van der Waals surface area contributed by atoms with Crippen molar-refractivity contribution in [2.24, 2.45) is 11.3 Å². The maximum Gasteiger partial charge on any atom is 0.0112 e. The average Bonchev–Trinajstić information content (AvgIpc) is 2.01. The fourth-order valence-corrected chi connectivity index (χ4v) is 1.56. The summed E-state index contributed by atoms with van der Waals surface area (Å²) in [5.74, 6) is 0.731. The standard InChI is InChI=1S/C11H24BrN/c1-9(7-12)8-13(6)10(2)11(3,4)5/h9-10H,7-8H2,1-6H3. The first-order chi connectivity index (χ1) is 5.79. The molecule has 0 saturated heterocycles. The zero-order valence-corrected chi connectivity index (χ0v) is 11.5. The molecule has 1 nitrogen and oxygen atoms in total. The highest BCUT2D eigenvalue weighted by Crippen LogP contribution is 2.23. The molecule has 2 atom stereocenters. The molecular formula is C11H24BrN. The van der Waals surface area contributed by atoms with Gasteiger partial charge >= 0.3 is 0 Å². The summed E-state index contributed by atoms with van der Waals surface area (Å²) >= 11 is 3.52. The van der Waals surface area contributed by atoms with Crippen LogP contribution in [-0.4, -0.2) is 29.9 Å². The molecule has 0 aromatic carbocycles. The summed E-state index contributed by atoms with van der Waals surface area (Å²) < 4.78 is 0. The maximum absolute atomic E-state index is 3.52. The molecule has 0 radical (unpaired) electrons. The van der Waals surface area contributed by atoms with Crippen molar-refractivity contribution in [2.45, 2.75) is 40.7 Å². The molecule has 0 N–H and O–H groups in total. The monoisotopic (exact) mass is 249 g/mol. The van der Waals surface area contributed by atoms with Crippen LogP contribution in [0.4, 0.5) is 0 Å². The Kier molecular flexibility index (Phi) is 5.53. The molecule has 0 aromatic rings. The van der Waals surface area contributed by atoms with E-state index in [-0.39, 0.29) is 0 Å². The largest absolute Gasteiger partial charge is 0.303 e. The van der Waals surface area contributed by atoms with Crippen LogP contribution < -0.4 is 0 Å². The maximum atomic E-state index is 3.52. The van der Waals surface area contributed by atoms with Gasteiger partial charge in [-0.05, 0) is 25.3 Å². The van der Waals surface area contributed by atoms with Gasteiger partial charge in [0.2, 0.25) is 0 Å². The molecule has 2 unspecified atom stereocenters. The molecule has 0 aliphatic carbocycles. The SMILES string of the molecule is CC(CBr)CN(C)C(C)C(C)(C)C. The molecule has 0 heterocycles. The Morgan fingerprint density at radius 1 is 1.23 bits per heavy atom. The predicted molar refractivity (Wildman–Crippen MR) is 64.5 cm³/mol. The number of nitrogens with zero attached hydrogens (tertiary/aromatic N) is 1. The molecule has 0 aliphatic heterocycles. The number of hydrogen-bond acceptors (Lipinski definition) is 1. The Morgan fingerprint density at radius 3 is 2.00 bits per heavy atom. The Hall–Kier alpha value is 0.440. The van der Waals surface area contributed by atoms with Crippen molar-refractivity contribution in [3.63, 3.8) is 0 Å². The molecule has 0 amide bonds.